The van der Waals surface area contributed by atoms with Crippen LogP contribution in [-0.4, -0.2) is 32.2 Å². The molecule has 0 radical (unpaired) electrons. The summed E-state index contributed by atoms with van der Waals surface area (Å²) < 4.78 is 46.7. The predicted octanol–water partition coefficient (Wildman–Crippen LogP) is 4.71. The minimum atomic E-state index is -4.58. The lowest BCUT2D eigenvalue weighted by molar-refractivity contribution is -0.136. The standard InChI is InChI=1S/C19H18F3IN2O2/c1-12-3-2-4-14(17(12)23)18(26)24-16-6-5-13(11-15(16)19(20,21)22)25-7-9-27-10-8-25/h2-6,11H,7-10H2,1H3,(H,24,26). The molecule has 0 unspecified atom stereocenters. The molecular weight excluding hydrogens is 472 g/mol. The van der Waals surface area contributed by atoms with E-state index >= 15 is 0 Å². The number of aryl methyl sites for hydroxylation is 1. The normalized spacial score (nSPS) is 14.9. The van der Waals surface area contributed by atoms with Gasteiger partial charge < -0.3 is 15.0 Å². The molecule has 8 heteroatoms. The van der Waals surface area contributed by atoms with Crippen LogP contribution in [0.15, 0.2) is 36.4 Å². The molecule has 4 nitrogen and oxygen atoms in total. The average Bonchev–Trinajstić information content (AvgIpc) is 2.64. The van der Waals surface area contributed by atoms with E-state index in [-0.39, 0.29) is 5.69 Å². The lowest BCUT2D eigenvalue weighted by Gasteiger charge is -2.29. The molecule has 1 heterocycles. The number of carbonyl (C=O) groups excluding carboxylic acids is 1. The van der Waals surface area contributed by atoms with Crippen LogP contribution in [0.25, 0.3) is 0 Å². The first-order chi connectivity index (χ1) is 12.8. The van der Waals surface area contributed by atoms with E-state index < -0.39 is 17.6 Å². The molecule has 0 aliphatic carbocycles. The topological polar surface area (TPSA) is 41.6 Å². The average molecular weight is 490 g/mol. The minimum Gasteiger partial charge on any atom is -0.378 e. The molecule has 27 heavy (non-hydrogen) atoms. The molecule has 0 atom stereocenters. The number of alkyl halides is 3. The largest absolute Gasteiger partial charge is 0.418 e. The van der Waals surface area contributed by atoms with Crippen LogP contribution in [0.2, 0.25) is 0 Å². The van der Waals surface area contributed by atoms with Gasteiger partial charge in [-0.25, -0.2) is 0 Å². The first-order valence-corrected chi connectivity index (χ1v) is 9.45. The number of rotatable bonds is 3. The lowest BCUT2D eigenvalue weighted by atomic mass is 10.1. The van der Waals surface area contributed by atoms with Crippen LogP contribution in [0.3, 0.4) is 0 Å². The van der Waals surface area contributed by atoms with Crippen LogP contribution in [0.4, 0.5) is 24.5 Å². The summed E-state index contributed by atoms with van der Waals surface area (Å²) in [6, 6.07) is 9.14. The number of nitrogens with one attached hydrogen (secondary N) is 1. The monoisotopic (exact) mass is 490 g/mol. The van der Waals surface area contributed by atoms with E-state index in [1.165, 1.54) is 6.07 Å². The third kappa shape index (κ3) is 4.55. The van der Waals surface area contributed by atoms with Crippen LogP contribution in [0.5, 0.6) is 0 Å². The summed E-state index contributed by atoms with van der Waals surface area (Å²) in [6.45, 7) is 3.86. The second kappa shape index (κ2) is 8.05. The maximum atomic E-state index is 13.6. The number of anilines is 2. The molecule has 2 aromatic carbocycles. The molecule has 1 N–H and O–H groups in total. The Balaban J connectivity index is 1.92. The van der Waals surface area contributed by atoms with Gasteiger partial charge in [-0.3, -0.25) is 4.79 Å². The molecule has 3 rings (SSSR count). The van der Waals surface area contributed by atoms with Gasteiger partial charge in [0.25, 0.3) is 5.91 Å². The van der Waals surface area contributed by atoms with Crippen LogP contribution in [-0.2, 0) is 10.9 Å². The summed E-state index contributed by atoms with van der Waals surface area (Å²) in [5, 5.41) is 2.42. The number of carbonyl (C=O) groups is 1. The Morgan fingerprint density at radius 1 is 1.19 bits per heavy atom. The Morgan fingerprint density at radius 2 is 1.89 bits per heavy atom. The van der Waals surface area contributed by atoms with E-state index in [4.69, 9.17) is 4.74 Å². The fourth-order valence-corrected chi connectivity index (χ4v) is 3.51. The molecular formula is C19H18F3IN2O2. The smallest absolute Gasteiger partial charge is 0.378 e. The first-order valence-electron chi connectivity index (χ1n) is 8.38. The van der Waals surface area contributed by atoms with Crippen molar-refractivity contribution < 1.29 is 22.7 Å². The summed E-state index contributed by atoms with van der Waals surface area (Å²) in [7, 11) is 0. The Hall–Kier alpha value is -1.81. The highest BCUT2D eigenvalue weighted by Crippen LogP contribution is 2.38. The maximum Gasteiger partial charge on any atom is 0.418 e. The van der Waals surface area contributed by atoms with Crippen molar-refractivity contribution >= 4 is 39.9 Å². The molecule has 0 bridgehead atoms. The van der Waals surface area contributed by atoms with Crippen LogP contribution in [0, 0.1) is 10.5 Å². The van der Waals surface area contributed by atoms with Crippen molar-refractivity contribution in [3.8, 4) is 0 Å². The molecule has 1 aliphatic heterocycles. The van der Waals surface area contributed by atoms with Crippen molar-refractivity contribution in [1.82, 2.24) is 0 Å². The summed E-state index contributed by atoms with van der Waals surface area (Å²) in [5.74, 6) is -0.562. The number of hydrogen-bond acceptors (Lipinski definition) is 3. The fourth-order valence-electron chi connectivity index (χ4n) is 2.91. The van der Waals surface area contributed by atoms with Gasteiger partial charge in [-0.1, -0.05) is 12.1 Å². The zero-order chi connectivity index (χ0) is 19.6. The Kier molecular flexibility index (Phi) is 5.95. The van der Waals surface area contributed by atoms with Crippen LogP contribution >= 0.6 is 22.6 Å². The van der Waals surface area contributed by atoms with Gasteiger partial charge in [0.1, 0.15) is 0 Å². The first kappa shape index (κ1) is 19.9. The number of ether oxygens (including phenoxy) is 1. The van der Waals surface area contributed by atoms with Gasteiger partial charge in [-0.2, -0.15) is 13.2 Å². The van der Waals surface area contributed by atoms with E-state index in [1.807, 2.05) is 40.5 Å². The van der Waals surface area contributed by atoms with Crippen molar-refractivity contribution in [2.45, 2.75) is 13.1 Å². The highest BCUT2D eigenvalue weighted by molar-refractivity contribution is 14.1. The number of morpholine rings is 1. The number of benzene rings is 2. The Labute approximate surface area is 168 Å². The maximum absolute atomic E-state index is 13.6. The molecule has 144 valence electrons. The predicted molar refractivity (Wildman–Crippen MR) is 106 cm³/mol. The molecule has 2 aromatic rings. The second-order valence-corrected chi connectivity index (χ2v) is 7.30. The molecule has 1 fully saturated rings. The van der Waals surface area contributed by atoms with Crippen LogP contribution < -0.4 is 10.2 Å². The molecule has 1 aliphatic rings. The summed E-state index contributed by atoms with van der Waals surface area (Å²) in [6.07, 6.45) is -4.58. The van der Waals surface area contributed by atoms with Gasteiger partial charge in [0, 0.05) is 22.3 Å². The molecule has 0 spiro atoms. The third-order valence-electron chi connectivity index (χ3n) is 4.37. The SMILES string of the molecule is Cc1cccc(C(=O)Nc2ccc(N3CCOCC3)cc2C(F)(F)F)c1I. The summed E-state index contributed by atoms with van der Waals surface area (Å²) in [4.78, 5) is 14.4. The van der Waals surface area contributed by atoms with Crippen molar-refractivity contribution in [3.63, 3.8) is 0 Å². The quantitative estimate of drug-likeness (QED) is 0.635. The lowest BCUT2D eigenvalue weighted by Crippen LogP contribution is -2.36. The van der Waals surface area contributed by atoms with E-state index in [2.05, 4.69) is 5.32 Å². The molecule has 1 amide bonds. The second-order valence-electron chi connectivity index (χ2n) is 6.22. The number of nitrogens with zero attached hydrogens (tertiary/aromatic N) is 1. The van der Waals surface area contributed by atoms with Crippen LogP contribution in [0.1, 0.15) is 21.5 Å². The zero-order valence-corrected chi connectivity index (χ0v) is 16.7. The van der Waals surface area contributed by atoms with Gasteiger partial charge in [0.05, 0.1) is 30.0 Å². The highest BCUT2D eigenvalue weighted by atomic mass is 127. The van der Waals surface area contributed by atoms with E-state index in [1.54, 1.807) is 18.2 Å². The molecule has 0 saturated carbocycles. The van der Waals surface area contributed by atoms with Gasteiger partial charge in [0.15, 0.2) is 0 Å². The van der Waals surface area contributed by atoms with E-state index in [9.17, 15) is 18.0 Å². The van der Waals surface area contributed by atoms with Crippen molar-refractivity contribution in [1.29, 1.82) is 0 Å². The van der Waals surface area contributed by atoms with Crippen molar-refractivity contribution in [2.24, 2.45) is 0 Å². The number of hydrogen-bond donors (Lipinski definition) is 1. The fraction of sp³-hybridized carbons (Fsp3) is 0.316. The molecule has 0 aromatic heterocycles. The number of amides is 1. The number of halogens is 4. The zero-order valence-electron chi connectivity index (χ0n) is 14.6. The van der Waals surface area contributed by atoms with Gasteiger partial charge >= 0.3 is 6.18 Å². The van der Waals surface area contributed by atoms with E-state index in [0.717, 1.165) is 11.6 Å². The Bertz CT molecular complexity index is 849. The minimum absolute atomic E-state index is 0.248. The third-order valence-corrected chi connectivity index (χ3v) is 5.80. The highest BCUT2D eigenvalue weighted by Gasteiger charge is 2.35. The van der Waals surface area contributed by atoms with E-state index in [0.29, 0.717) is 41.1 Å². The van der Waals surface area contributed by atoms with Gasteiger partial charge in [-0.15, -0.1) is 0 Å². The van der Waals surface area contributed by atoms with Crippen molar-refractivity contribution in [2.75, 3.05) is 36.5 Å². The summed E-state index contributed by atoms with van der Waals surface area (Å²) >= 11 is 2.02. The van der Waals surface area contributed by atoms with Crippen molar-refractivity contribution in [3.05, 3.63) is 56.7 Å². The summed E-state index contributed by atoms with van der Waals surface area (Å²) in [5.41, 5.74) is 0.598. The molecule has 1 saturated heterocycles. The van der Waals surface area contributed by atoms with Gasteiger partial charge in [-0.05, 0) is 59.3 Å². The van der Waals surface area contributed by atoms with Gasteiger partial charge in [0.2, 0.25) is 0 Å². The Morgan fingerprint density at radius 3 is 2.56 bits per heavy atom.